The summed E-state index contributed by atoms with van der Waals surface area (Å²) < 4.78 is 13.7. The van der Waals surface area contributed by atoms with Crippen molar-refractivity contribution in [2.45, 2.75) is 32.9 Å². The van der Waals surface area contributed by atoms with Gasteiger partial charge < -0.3 is 5.32 Å². The monoisotopic (exact) mass is 337 g/mol. The first-order valence-corrected chi connectivity index (χ1v) is 7.17. The molecule has 1 aromatic heterocycles. The van der Waals surface area contributed by atoms with Crippen LogP contribution in [0.2, 0.25) is 0 Å². The van der Waals surface area contributed by atoms with E-state index in [1.165, 1.54) is 6.07 Å². The maximum Gasteiger partial charge on any atom is 0.159 e. The second kappa shape index (κ2) is 5.97. The second-order valence-corrected chi connectivity index (χ2v) is 6.46. The van der Waals surface area contributed by atoms with Gasteiger partial charge >= 0.3 is 0 Å². The molecule has 2 rings (SSSR count). The Balaban J connectivity index is 2.23. The number of benzene rings is 1. The van der Waals surface area contributed by atoms with E-state index in [2.05, 4.69) is 52.0 Å². The van der Waals surface area contributed by atoms with Gasteiger partial charge in [0.2, 0.25) is 0 Å². The molecule has 0 radical (unpaired) electrons. The van der Waals surface area contributed by atoms with E-state index in [9.17, 15) is 4.39 Å². The quantitative estimate of drug-likeness (QED) is 0.921. The maximum absolute atomic E-state index is 13.2. The number of hydrogen-bond donors (Lipinski definition) is 1. The van der Waals surface area contributed by atoms with Crippen molar-refractivity contribution in [2.75, 3.05) is 0 Å². The lowest BCUT2D eigenvalue weighted by Crippen LogP contribution is -2.35. The molecular weight excluding hydrogens is 321 g/mol. The van der Waals surface area contributed by atoms with Crippen LogP contribution < -0.4 is 5.32 Å². The van der Waals surface area contributed by atoms with Crippen molar-refractivity contribution >= 4 is 15.9 Å². The summed E-state index contributed by atoms with van der Waals surface area (Å²) in [6.45, 7) is 6.98. The van der Waals surface area contributed by atoms with Crippen molar-refractivity contribution in [3.63, 3.8) is 0 Å². The Kier molecular flexibility index (Phi) is 4.50. The molecule has 0 atom stereocenters. The van der Waals surface area contributed by atoms with Crippen molar-refractivity contribution in [1.82, 2.24) is 15.3 Å². The number of nitrogens with one attached hydrogen (secondary N) is 1. The van der Waals surface area contributed by atoms with Gasteiger partial charge in [0.15, 0.2) is 5.82 Å². The molecule has 3 nitrogen and oxygen atoms in total. The number of halogens is 2. The van der Waals surface area contributed by atoms with Gasteiger partial charge in [-0.05, 0) is 61.0 Å². The van der Waals surface area contributed by atoms with Gasteiger partial charge in [-0.1, -0.05) is 0 Å². The molecule has 0 aliphatic carbocycles. The minimum absolute atomic E-state index is 0.0318. The van der Waals surface area contributed by atoms with E-state index in [0.29, 0.717) is 16.8 Å². The van der Waals surface area contributed by atoms with E-state index in [0.717, 1.165) is 11.3 Å². The second-order valence-electron chi connectivity index (χ2n) is 5.60. The van der Waals surface area contributed by atoms with Crippen molar-refractivity contribution in [1.29, 1.82) is 0 Å². The Hall–Kier alpha value is -1.33. The van der Waals surface area contributed by atoms with E-state index in [1.54, 1.807) is 18.3 Å². The summed E-state index contributed by atoms with van der Waals surface area (Å²) in [5, 5.41) is 3.38. The molecule has 1 N–H and O–H groups in total. The van der Waals surface area contributed by atoms with E-state index in [4.69, 9.17) is 0 Å². The van der Waals surface area contributed by atoms with Crippen LogP contribution in [0.4, 0.5) is 4.39 Å². The van der Waals surface area contributed by atoms with Gasteiger partial charge in [0, 0.05) is 23.8 Å². The van der Waals surface area contributed by atoms with Crippen molar-refractivity contribution < 1.29 is 4.39 Å². The van der Waals surface area contributed by atoms with Crippen molar-refractivity contribution in [3.05, 3.63) is 46.4 Å². The van der Waals surface area contributed by atoms with E-state index >= 15 is 0 Å². The summed E-state index contributed by atoms with van der Waals surface area (Å²) in [7, 11) is 0. The Morgan fingerprint density at radius 1 is 1.25 bits per heavy atom. The first kappa shape index (κ1) is 15.1. The minimum Gasteiger partial charge on any atom is -0.306 e. The Labute approximate surface area is 126 Å². The molecule has 0 aliphatic rings. The molecule has 20 heavy (non-hydrogen) atoms. The fraction of sp³-hybridized carbons (Fsp3) is 0.333. The summed E-state index contributed by atoms with van der Waals surface area (Å²) in [6.07, 6.45) is 1.72. The van der Waals surface area contributed by atoms with E-state index in [1.807, 2.05) is 6.07 Å². The fourth-order valence-electron chi connectivity index (χ4n) is 1.62. The third kappa shape index (κ3) is 4.08. The normalized spacial score (nSPS) is 11.7. The molecular formula is C15H17BrFN3. The third-order valence-electron chi connectivity index (χ3n) is 2.69. The molecule has 0 aliphatic heterocycles. The summed E-state index contributed by atoms with van der Waals surface area (Å²) in [5.41, 5.74) is 1.73. The van der Waals surface area contributed by atoms with Gasteiger partial charge in [-0.15, -0.1) is 0 Å². The zero-order chi connectivity index (χ0) is 14.8. The number of rotatable bonds is 3. The number of nitrogens with zero attached hydrogens (tertiary/aromatic N) is 2. The topological polar surface area (TPSA) is 37.8 Å². The molecule has 2 aromatic rings. The molecule has 106 valence electrons. The van der Waals surface area contributed by atoms with Crippen LogP contribution in [0.15, 0.2) is 34.9 Å². The van der Waals surface area contributed by atoms with Crippen LogP contribution in [0.25, 0.3) is 11.4 Å². The van der Waals surface area contributed by atoms with Gasteiger partial charge in [0.25, 0.3) is 0 Å². The molecule has 5 heteroatoms. The molecule has 0 saturated heterocycles. The maximum atomic E-state index is 13.2. The van der Waals surface area contributed by atoms with Gasteiger partial charge in [-0.25, -0.2) is 14.4 Å². The molecule has 1 aromatic carbocycles. The summed E-state index contributed by atoms with van der Waals surface area (Å²) in [5.74, 6) is 0.304. The Morgan fingerprint density at radius 2 is 2.00 bits per heavy atom. The zero-order valence-corrected chi connectivity index (χ0v) is 13.3. The summed E-state index contributed by atoms with van der Waals surface area (Å²) in [6, 6.07) is 6.64. The average molecular weight is 338 g/mol. The lowest BCUT2D eigenvalue weighted by Gasteiger charge is -2.20. The van der Waals surface area contributed by atoms with Crippen molar-refractivity contribution in [3.8, 4) is 11.4 Å². The van der Waals surface area contributed by atoms with Crippen LogP contribution in [0.3, 0.4) is 0 Å². The highest BCUT2D eigenvalue weighted by Crippen LogP contribution is 2.22. The first-order chi connectivity index (χ1) is 9.35. The third-order valence-corrected chi connectivity index (χ3v) is 3.30. The van der Waals surface area contributed by atoms with Crippen LogP contribution in [-0.4, -0.2) is 15.5 Å². The predicted octanol–water partition coefficient (Wildman–Crippen LogP) is 3.93. The Bertz CT molecular complexity index is 608. The molecule has 0 unspecified atom stereocenters. The summed E-state index contributed by atoms with van der Waals surface area (Å²) >= 11 is 3.18. The molecule has 0 saturated carbocycles. The molecule has 1 heterocycles. The highest BCUT2D eigenvalue weighted by atomic mass is 79.9. The van der Waals surface area contributed by atoms with E-state index in [-0.39, 0.29) is 11.4 Å². The lowest BCUT2D eigenvalue weighted by molar-refractivity contribution is 0.421. The zero-order valence-electron chi connectivity index (χ0n) is 11.7. The van der Waals surface area contributed by atoms with Crippen LogP contribution in [0.5, 0.6) is 0 Å². The smallest absolute Gasteiger partial charge is 0.159 e. The molecule has 0 spiro atoms. The average Bonchev–Trinajstić information content (AvgIpc) is 2.39. The fourth-order valence-corrected chi connectivity index (χ4v) is 2.00. The SMILES string of the molecule is CC(C)(C)NCc1ccnc(-c2ccc(F)c(Br)c2)n1. The summed E-state index contributed by atoms with van der Waals surface area (Å²) in [4.78, 5) is 8.74. The van der Waals surface area contributed by atoms with Crippen LogP contribution in [0.1, 0.15) is 26.5 Å². The van der Waals surface area contributed by atoms with Crippen molar-refractivity contribution in [2.24, 2.45) is 0 Å². The van der Waals surface area contributed by atoms with Gasteiger partial charge in [0.05, 0.1) is 10.2 Å². The van der Waals surface area contributed by atoms with Gasteiger partial charge in [0.1, 0.15) is 5.82 Å². The largest absolute Gasteiger partial charge is 0.306 e. The Morgan fingerprint density at radius 3 is 2.65 bits per heavy atom. The number of hydrogen-bond acceptors (Lipinski definition) is 3. The molecule has 0 amide bonds. The molecule has 0 bridgehead atoms. The predicted molar refractivity (Wildman–Crippen MR) is 81.7 cm³/mol. The minimum atomic E-state index is -0.292. The lowest BCUT2D eigenvalue weighted by atomic mass is 10.1. The number of aromatic nitrogens is 2. The first-order valence-electron chi connectivity index (χ1n) is 6.37. The highest BCUT2D eigenvalue weighted by molar-refractivity contribution is 9.10. The molecule has 0 fully saturated rings. The highest BCUT2D eigenvalue weighted by Gasteiger charge is 2.10. The van der Waals surface area contributed by atoms with Gasteiger partial charge in [-0.3, -0.25) is 0 Å². The van der Waals surface area contributed by atoms with Crippen LogP contribution >= 0.6 is 15.9 Å². The van der Waals surface area contributed by atoms with E-state index < -0.39 is 0 Å². The van der Waals surface area contributed by atoms with Gasteiger partial charge in [-0.2, -0.15) is 0 Å². The van der Waals surface area contributed by atoms with Crippen LogP contribution in [-0.2, 0) is 6.54 Å². The standard InChI is InChI=1S/C15H17BrFN3/c1-15(2,3)19-9-11-6-7-18-14(20-11)10-4-5-13(17)12(16)8-10/h4-8,19H,9H2,1-3H3. The van der Waals surface area contributed by atoms with Crippen LogP contribution in [0, 0.1) is 5.82 Å².